The molecule has 3 aromatic rings. The number of aromatic nitrogens is 1. The number of hydrogen-bond donors (Lipinski definition) is 1. The third kappa shape index (κ3) is 4.84. The van der Waals surface area contributed by atoms with Crippen LogP contribution in [0.25, 0.3) is 0 Å². The van der Waals surface area contributed by atoms with E-state index in [2.05, 4.69) is 10.3 Å². The maximum atomic E-state index is 13.9. The Balaban J connectivity index is 1.79. The molecule has 0 saturated carbocycles. The number of hydrogen-bond acceptors (Lipinski definition) is 2. The minimum absolute atomic E-state index is 0.328. The second-order valence-corrected chi connectivity index (χ2v) is 6.00. The Morgan fingerprint density at radius 3 is 2.32 bits per heavy atom. The van der Waals surface area contributed by atoms with E-state index in [9.17, 15) is 4.39 Å². The SMILES string of the molecule is Fc1ccccc1NC(=S)N(Cc1ccccc1)Cc1cccnc1. The molecule has 0 unspecified atom stereocenters. The monoisotopic (exact) mass is 351 g/mol. The Morgan fingerprint density at radius 1 is 0.920 bits per heavy atom. The fraction of sp³-hybridized carbons (Fsp3) is 0.100. The molecule has 0 aliphatic rings. The van der Waals surface area contributed by atoms with Crippen molar-refractivity contribution in [3.8, 4) is 0 Å². The molecule has 0 saturated heterocycles. The van der Waals surface area contributed by atoms with E-state index >= 15 is 0 Å². The number of rotatable bonds is 5. The van der Waals surface area contributed by atoms with Gasteiger partial charge in [0.05, 0.1) is 5.69 Å². The summed E-state index contributed by atoms with van der Waals surface area (Å²) in [6.07, 6.45) is 3.55. The van der Waals surface area contributed by atoms with Crippen molar-refractivity contribution in [3.05, 3.63) is 96.1 Å². The van der Waals surface area contributed by atoms with Gasteiger partial charge in [0.15, 0.2) is 5.11 Å². The fourth-order valence-corrected chi connectivity index (χ4v) is 2.71. The highest BCUT2D eigenvalue weighted by Crippen LogP contribution is 2.16. The summed E-state index contributed by atoms with van der Waals surface area (Å²) in [6, 6.07) is 20.4. The lowest BCUT2D eigenvalue weighted by molar-refractivity contribution is 0.412. The summed E-state index contributed by atoms with van der Waals surface area (Å²) >= 11 is 5.54. The van der Waals surface area contributed by atoms with Gasteiger partial charge in [0, 0.05) is 25.5 Å². The van der Waals surface area contributed by atoms with Crippen LogP contribution in [0.1, 0.15) is 11.1 Å². The Labute approximate surface area is 152 Å². The number of nitrogens with one attached hydrogen (secondary N) is 1. The molecular formula is C20H18FN3S. The van der Waals surface area contributed by atoms with Crippen LogP contribution in [0.4, 0.5) is 10.1 Å². The quantitative estimate of drug-likeness (QED) is 0.679. The van der Waals surface area contributed by atoms with Gasteiger partial charge in [-0.15, -0.1) is 0 Å². The molecular weight excluding hydrogens is 333 g/mol. The van der Waals surface area contributed by atoms with Crippen molar-refractivity contribution in [1.82, 2.24) is 9.88 Å². The van der Waals surface area contributed by atoms with Gasteiger partial charge in [-0.1, -0.05) is 48.5 Å². The lowest BCUT2D eigenvalue weighted by atomic mass is 10.2. The van der Waals surface area contributed by atoms with Crippen LogP contribution in [0.5, 0.6) is 0 Å². The van der Waals surface area contributed by atoms with Gasteiger partial charge in [0.25, 0.3) is 0 Å². The summed E-state index contributed by atoms with van der Waals surface area (Å²) in [7, 11) is 0. The van der Waals surface area contributed by atoms with E-state index in [4.69, 9.17) is 12.2 Å². The van der Waals surface area contributed by atoms with Crippen LogP contribution in [0.2, 0.25) is 0 Å². The average Bonchev–Trinajstić information content (AvgIpc) is 2.65. The predicted molar refractivity (Wildman–Crippen MR) is 103 cm³/mol. The highest BCUT2D eigenvalue weighted by Gasteiger charge is 2.13. The van der Waals surface area contributed by atoms with Crippen molar-refractivity contribution in [3.63, 3.8) is 0 Å². The Morgan fingerprint density at radius 2 is 1.60 bits per heavy atom. The fourth-order valence-electron chi connectivity index (χ4n) is 2.47. The number of benzene rings is 2. The van der Waals surface area contributed by atoms with Crippen LogP contribution in [0.15, 0.2) is 79.1 Å². The zero-order chi connectivity index (χ0) is 17.5. The minimum Gasteiger partial charge on any atom is -0.340 e. The summed E-state index contributed by atoms with van der Waals surface area (Å²) < 4.78 is 13.9. The van der Waals surface area contributed by atoms with Crippen molar-refractivity contribution in [2.45, 2.75) is 13.1 Å². The molecule has 0 aliphatic heterocycles. The summed E-state index contributed by atoms with van der Waals surface area (Å²) in [5, 5.41) is 3.48. The van der Waals surface area contributed by atoms with Gasteiger partial charge in [-0.25, -0.2) is 4.39 Å². The lowest BCUT2D eigenvalue weighted by Crippen LogP contribution is -2.34. The molecule has 3 rings (SSSR count). The second-order valence-electron chi connectivity index (χ2n) is 5.61. The van der Waals surface area contributed by atoms with Crippen molar-refractivity contribution >= 4 is 23.0 Å². The number of anilines is 1. The van der Waals surface area contributed by atoms with Gasteiger partial charge in [-0.05, 0) is 41.5 Å². The Kier molecular flexibility index (Phi) is 5.69. The van der Waals surface area contributed by atoms with Crippen molar-refractivity contribution in [1.29, 1.82) is 0 Å². The van der Waals surface area contributed by atoms with Gasteiger partial charge >= 0.3 is 0 Å². The predicted octanol–water partition coefficient (Wildman–Crippen LogP) is 4.62. The molecule has 1 N–H and O–H groups in total. The molecule has 1 heterocycles. The normalized spacial score (nSPS) is 10.3. The number of thiocarbonyl (C=S) groups is 1. The van der Waals surface area contributed by atoms with Gasteiger partial charge in [-0.2, -0.15) is 0 Å². The van der Waals surface area contributed by atoms with Crippen LogP contribution in [-0.4, -0.2) is 15.0 Å². The Bertz CT molecular complexity index is 783. The molecule has 126 valence electrons. The summed E-state index contributed by atoms with van der Waals surface area (Å²) in [4.78, 5) is 6.15. The van der Waals surface area contributed by atoms with E-state index in [-0.39, 0.29) is 5.82 Å². The van der Waals surface area contributed by atoms with Crippen LogP contribution in [0.3, 0.4) is 0 Å². The first-order valence-electron chi connectivity index (χ1n) is 7.95. The Hall–Kier alpha value is -2.79. The smallest absolute Gasteiger partial charge is 0.174 e. The van der Waals surface area contributed by atoms with E-state index in [0.29, 0.717) is 23.9 Å². The molecule has 3 nitrogen and oxygen atoms in total. The molecule has 1 aromatic heterocycles. The van der Waals surface area contributed by atoms with Gasteiger partial charge in [-0.3, -0.25) is 4.98 Å². The van der Waals surface area contributed by atoms with Crippen LogP contribution >= 0.6 is 12.2 Å². The van der Waals surface area contributed by atoms with E-state index in [1.165, 1.54) is 6.07 Å². The number of halogens is 1. The zero-order valence-electron chi connectivity index (χ0n) is 13.6. The third-order valence-electron chi connectivity index (χ3n) is 3.72. The number of pyridine rings is 1. The largest absolute Gasteiger partial charge is 0.340 e. The van der Waals surface area contributed by atoms with E-state index in [1.54, 1.807) is 24.4 Å². The van der Waals surface area contributed by atoms with E-state index < -0.39 is 0 Å². The van der Waals surface area contributed by atoms with Gasteiger partial charge in [0.2, 0.25) is 0 Å². The molecule has 0 fully saturated rings. The molecule has 25 heavy (non-hydrogen) atoms. The average molecular weight is 351 g/mol. The summed E-state index contributed by atoms with van der Waals surface area (Å²) in [5.41, 5.74) is 2.54. The van der Waals surface area contributed by atoms with Crippen LogP contribution in [0, 0.1) is 5.82 Å². The highest BCUT2D eigenvalue weighted by atomic mass is 32.1. The van der Waals surface area contributed by atoms with Crippen molar-refractivity contribution in [2.75, 3.05) is 5.32 Å². The molecule has 0 bridgehead atoms. The third-order valence-corrected chi connectivity index (χ3v) is 4.08. The summed E-state index contributed by atoms with van der Waals surface area (Å²) in [5.74, 6) is -0.328. The summed E-state index contributed by atoms with van der Waals surface area (Å²) in [6.45, 7) is 1.21. The van der Waals surface area contributed by atoms with E-state index in [1.807, 2.05) is 53.6 Å². The molecule has 0 spiro atoms. The first kappa shape index (κ1) is 17.0. The second kappa shape index (κ2) is 8.35. The van der Waals surface area contributed by atoms with Gasteiger partial charge in [0.1, 0.15) is 5.82 Å². The molecule has 0 amide bonds. The molecule has 0 radical (unpaired) electrons. The van der Waals surface area contributed by atoms with Gasteiger partial charge < -0.3 is 10.2 Å². The molecule has 0 atom stereocenters. The lowest BCUT2D eigenvalue weighted by Gasteiger charge is -2.26. The molecule has 5 heteroatoms. The molecule has 2 aromatic carbocycles. The minimum atomic E-state index is -0.328. The maximum absolute atomic E-state index is 13.9. The number of para-hydroxylation sites is 1. The first-order chi connectivity index (χ1) is 12.2. The first-order valence-corrected chi connectivity index (χ1v) is 8.36. The van der Waals surface area contributed by atoms with Crippen molar-refractivity contribution < 1.29 is 4.39 Å². The topological polar surface area (TPSA) is 28.2 Å². The van der Waals surface area contributed by atoms with E-state index in [0.717, 1.165) is 11.1 Å². The van der Waals surface area contributed by atoms with Crippen LogP contribution in [-0.2, 0) is 13.1 Å². The standard InChI is InChI=1S/C20H18FN3S/c21-18-10-4-5-11-19(18)23-20(25)24(14-16-7-2-1-3-8-16)15-17-9-6-12-22-13-17/h1-13H,14-15H2,(H,23,25). The van der Waals surface area contributed by atoms with Crippen LogP contribution < -0.4 is 5.32 Å². The molecule has 0 aliphatic carbocycles. The number of nitrogens with zero attached hydrogens (tertiary/aromatic N) is 2. The maximum Gasteiger partial charge on any atom is 0.174 e. The van der Waals surface area contributed by atoms with Crippen molar-refractivity contribution in [2.24, 2.45) is 0 Å². The highest BCUT2D eigenvalue weighted by molar-refractivity contribution is 7.80. The zero-order valence-corrected chi connectivity index (χ0v) is 14.4.